The molecule has 0 saturated carbocycles. The molecule has 4 rings (SSSR count). The van der Waals surface area contributed by atoms with E-state index in [1.807, 2.05) is 31.0 Å². The van der Waals surface area contributed by atoms with Crippen LogP contribution in [0.4, 0.5) is 10.2 Å². The molecule has 1 saturated heterocycles. The first-order valence-corrected chi connectivity index (χ1v) is 10.0. The number of carbonyl (C=O) groups excluding carboxylic acids is 1. The fraction of sp³-hybridized carbons (Fsp3) is 0.364. The third-order valence-corrected chi connectivity index (χ3v) is 5.42. The molecule has 0 spiro atoms. The number of rotatable bonds is 4. The summed E-state index contributed by atoms with van der Waals surface area (Å²) in [5.74, 6) is 1.86. The lowest BCUT2D eigenvalue weighted by atomic mass is 10.1. The van der Waals surface area contributed by atoms with Gasteiger partial charge in [0.25, 0.3) is 0 Å². The summed E-state index contributed by atoms with van der Waals surface area (Å²) in [6.45, 7) is 8.50. The van der Waals surface area contributed by atoms with Crippen LogP contribution in [0, 0.1) is 26.6 Å². The Hall–Kier alpha value is -3.29. The van der Waals surface area contributed by atoms with Crippen molar-refractivity contribution in [2.45, 2.75) is 27.3 Å². The van der Waals surface area contributed by atoms with Gasteiger partial charge >= 0.3 is 0 Å². The van der Waals surface area contributed by atoms with E-state index in [-0.39, 0.29) is 18.3 Å². The molecule has 1 aromatic carbocycles. The quantitative estimate of drug-likeness (QED) is 0.664. The number of halogens is 1. The number of benzene rings is 1. The molecular formula is C22H25FN6O. The van der Waals surface area contributed by atoms with Crippen LogP contribution in [-0.2, 0) is 11.3 Å². The van der Waals surface area contributed by atoms with E-state index in [2.05, 4.69) is 26.0 Å². The summed E-state index contributed by atoms with van der Waals surface area (Å²) >= 11 is 0. The van der Waals surface area contributed by atoms with Gasteiger partial charge in [0.05, 0.1) is 0 Å². The van der Waals surface area contributed by atoms with Crippen molar-refractivity contribution in [3.63, 3.8) is 0 Å². The monoisotopic (exact) mass is 408 g/mol. The van der Waals surface area contributed by atoms with Crippen LogP contribution in [0.25, 0.3) is 11.4 Å². The van der Waals surface area contributed by atoms with Crippen molar-refractivity contribution in [3.05, 3.63) is 59.3 Å². The number of amides is 1. The molecule has 0 N–H and O–H groups in total. The minimum atomic E-state index is -0.259. The zero-order chi connectivity index (χ0) is 21.3. The summed E-state index contributed by atoms with van der Waals surface area (Å²) in [4.78, 5) is 25.8. The average molecular weight is 408 g/mol. The molecule has 3 aromatic rings. The number of piperazine rings is 1. The second kappa shape index (κ2) is 8.22. The van der Waals surface area contributed by atoms with Gasteiger partial charge in [0.1, 0.15) is 24.0 Å². The van der Waals surface area contributed by atoms with Crippen LogP contribution in [0.2, 0.25) is 0 Å². The van der Waals surface area contributed by atoms with Crippen molar-refractivity contribution in [1.29, 1.82) is 0 Å². The molecule has 8 heteroatoms. The first kappa shape index (κ1) is 20.0. The number of aromatic nitrogens is 4. The minimum Gasteiger partial charge on any atom is -0.353 e. The molecule has 1 aliphatic rings. The molecule has 2 aromatic heterocycles. The van der Waals surface area contributed by atoms with Crippen molar-refractivity contribution in [1.82, 2.24) is 24.6 Å². The zero-order valence-corrected chi connectivity index (χ0v) is 17.5. The number of hydrogen-bond donors (Lipinski definition) is 0. The summed E-state index contributed by atoms with van der Waals surface area (Å²) in [5, 5.41) is 4.47. The molecule has 156 valence electrons. The van der Waals surface area contributed by atoms with Crippen LogP contribution in [0.3, 0.4) is 0 Å². The van der Waals surface area contributed by atoms with Crippen molar-refractivity contribution >= 4 is 11.7 Å². The second-order valence-corrected chi connectivity index (χ2v) is 7.66. The summed E-state index contributed by atoms with van der Waals surface area (Å²) in [7, 11) is 0. The van der Waals surface area contributed by atoms with Gasteiger partial charge in [-0.1, -0.05) is 0 Å². The zero-order valence-electron chi connectivity index (χ0n) is 17.5. The van der Waals surface area contributed by atoms with Gasteiger partial charge in [-0.25, -0.2) is 19.0 Å². The smallest absolute Gasteiger partial charge is 0.244 e. The summed E-state index contributed by atoms with van der Waals surface area (Å²) in [5.41, 5.74) is 2.45. The number of carbonyl (C=O) groups is 1. The fourth-order valence-corrected chi connectivity index (χ4v) is 3.58. The molecule has 0 aliphatic carbocycles. The lowest BCUT2D eigenvalue weighted by molar-refractivity contribution is -0.132. The maximum Gasteiger partial charge on any atom is 0.244 e. The van der Waals surface area contributed by atoms with E-state index in [1.54, 1.807) is 23.7 Å². The topological polar surface area (TPSA) is 67.2 Å². The molecule has 0 atom stereocenters. The molecule has 1 amide bonds. The number of anilines is 1. The molecule has 3 heterocycles. The number of hydrogen-bond acceptors (Lipinski definition) is 5. The minimum absolute atomic E-state index is 0.0155. The van der Waals surface area contributed by atoms with E-state index in [4.69, 9.17) is 0 Å². The number of nitrogens with zero attached hydrogens (tertiary/aromatic N) is 6. The van der Waals surface area contributed by atoms with Gasteiger partial charge in [0.2, 0.25) is 5.91 Å². The van der Waals surface area contributed by atoms with E-state index in [1.165, 1.54) is 11.6 Å². The number of pyridine rings is 1. The lowest BCUT2D eigenvalue weighted by Crippen LogP contribution is -2.50. The van der Waals surface area contributed by atoms with E-state index >= 15 is 0 Å². The highest BCUT2D eigenvalue weighted by molar-refractivity contribution is 5.76. The van der Waals surface area contributed by atoms with Gasteiger partial charge < -0.3 is 9.80 Å². The van der Waals surface area contributed by atoms with E-state index in [0.29, 0.717) is 30.3 Å². The molecule has 1 fully saturated rings. The van der Waals surface area contributed by atoms with Gasteiger partial charge in [0.15, 0.2) is 5.82 Å². The highest BCUT2D eigenvalue weighted by Crippen LogP contribution is 2.19. The molecule has 30 heavy (non-hydrogen) atoms. The van der Waals surface area contributed by atoms with Crippen LogP contribution in [-0.4, -0.2) is 56.7 Å². The normalized spacial score (nSPS) is 14.3. The van der Waals surface area contributed by atoms with Gasteiger partial charge in [0, 0.05) is 37.9 Å². The van der Waals surface area contributed by atoms with Crippen molar-refractivity contribution in [2.24, 2.45) is 0 Å². The number of aryl methyl sites for hydroxylation is 3. The predicted molar refractivity (Wildman–Crippen MR) is 113 cm³/mol. The Morgan fingerprint density at radius 3 is 2.53 bits per heavy atom. The predicted octanol–water partition coefficient (Wildman–Crippen LogP) is 2.75. The van der Waals surface area contributed by atoms with Crippen LogP contribution in [0.1, 0.15) is 17.0 Å². The largest absolute Gasteiger partial charge is 0.353 e. The Morgan fingerprint density at radius 1 is 1.07 bits per heavy atom. The Bertz CT molecular complexity index is 1070. The van der Waals surface area contributed by atoms with Crippen LogP contribution in [0.15, 0.2) is 36.5 Å². The third-order valence-electron chi connectivity index (χ3n) is 5.42. The van der Waals surface area contributed by atoms with Crippen LogP contribution < -0.4 is 4.90 Å². The Kier molecular flexibility index (Phi) is 5.48. The first-order valence-electron chi connectivity index (χ1n) is 10.0. The van der Waals surface area contributed by atoms with Gasteiger partial charge in [-0.2, -0.15) is 5.10 Å². The summed E-state index contributed by atoms with van der Waals surface area (Å²) < 4.78 is 15.1. The highest BCUT2D eigenvalue weighted by atomic mass is 19.1. The van der Waals surface area contributed by atoms with E-state index < -0.39 is 0 Å². The first-order chi connectivity index (χ1) is 14.4. The van der Waals surface area contributed by atoms with Gasteiger partial charge in [-0.3, -0.25) is 4.79 Å². The molecular weight excluding hydrogens is 383 g/mol. The summed E-state index contributed by atoms with van der Waals surface area (Å²) in [6.07, 6.45) is 1.82. The lowest BCUT2D eigenvalue weighted by Gasteiger charge is -2.35. The van der Waals surface area contributed by atoms with Crippen molar-refractivity contribution in [3.8, 4) is 11.4 Å². The van der Waals surface area contributed by atoms with Gasteiger partial charge in [-0.15, -0.1) is 0 Å². The molecule has 1 aliphatic heterocycles. The van der Waals surface area contributed by atoms with Crippen LogP contribution >= 0.6 is 0 Å². The third kappa shape index (κ3) is 4.17. The van der Waals surface area contributed by atoms with E-state index in [0.717, 1.165) is 24.5 Å². The SMILES string of the molecule is Cc1ccnc(N2CCN(C(=O)Cn3nc(-c4ccc(F)c(C)c4)nc3C)CC2)c1. The maximum atomic E-state index is 13.5. The Morgan fingerprint density at radius 2 is 1.83 bits per heavy atom. The maximum absolute atomic E-state index is 13.5. The highest BCUT2D eigenvalue weighted by Gasteiger charge is 2.23. The fourth-order valence-electron chi connectivity index (χ4n) is 3.58. The van der Waals surface area contributed by atoms with Crippen molar-refractivity contribution < 1.29 is 9.18 Å². The molecule has 0 bridgehead atoms. The molecule has 7 nitrogen and oxygen atoms in total. The Balaban J connectivity index is 1.40. The Labute approximate surface area is 175 Å². The van der Waals surface area contributed by atoms with Crippen molar-refractivity contribution in [2.75, 3.05) is 31.1 Å². The average Bonchev–Trinajstić information content (AvgIpc) is 3.10. The molecule has 0 unspecified atom stereocenters. The van der Waals surface area contributed by atoms with Crippen LogP contribution in [0.5, 0.6) is 0 Å². The molecule has 0 radical (unpaired) electrons. The second-order valence-electron chi connectivity index (χ2n) is 7.66. The van der Waals surface area contributed by atoms with E-state index in [9.17, 15) is 9.18 Å². The standard InChI is InChI=1S/C22H25FN6O/c1-15-6-7-24-20(12-15)27-8-10-28(11-9-27)21(30)14-29-17(3)25-22(26-29)18-4-5-19(23)16(2)13-18/h4-7,12-13H,8-11,14H2,1-3H3. The summed E-state index contributed by atoms with van der Waals surface area (Å²) in [6, 6.07) is 8.82. The van der Waals surface area contributed by atoms with Gasteiger partial charge in [-0.05, 0) is 62.2 Å².